The van der Waals surface area contributed by atoms with Gasteiger partial charge in [-0.1, -0.05) is 6.07 Å². The molecule has 0 spiro atoms. The molecule has 17 nitrogen and oxygen atoms in total. The quantitative estimate of drug-likeness (QED) is 0.123. The average Bonchev–Trinajstić information content (AvgIpc) is 2.90. The third-order valence-electron chi connectivity index (χ3n) is 4.45. The van der Waals surface area contributed by atoms with Gasteiger partial charge in [0.1, 0.15) is 34.2 Å². The number of hydrogen-bond acceptors (Lipinski definition) is 14. The van der Waals surface area contributed by atoms with Crippen LogP contribution in [0.15, 0.2) is 63.2 Å². The van der Waals surface area contributed by atoms with Crippen LogP contribution in [0.5, 0.6) is 5.75 Å². The van der Waals surface area contributed by atoms with Crippen molar-refractivity contribution in [3.8, 4) is 5.75 Å². The molecule has 0 aliphatic heterocycles. The van der Waals surface area contributed by atoms with Gasteiger partial charge in [-0.05, 0) is 104 Å². The molecule has 3 aromatic rings. The average molecular weight is 1390 g/mol. The maximum Gasteiger partial charge on any atom is 0.343 e. The molecule has 0 unspecified atom stereocenters. The van der Waals surface area contributed by atoms with E-state index in [2.05, 4.69) is 0 Å². The number of ether oxygens (including phenoxy) is 1. The SMILES string of the molecule is O=I(=O)c1c(I)cc(I)cc1S(=O)(=O)O.O=I(=O)c1c(I)cccc1S(=O)(=O)O.O=I(=O)c1ccc(OCCO)cc1S(=O)(=O)O. The van der Waals surface area contributed by atoms with E-state index in [0.29, 0.717) is 10.7 Å². The van der Waals surface area contributed by atoms with Crippen LogP contribution in [0.4, 0.5) is 0 Å². The van der Waals surface area contributed by atoms with Crippen LogP contribution in [-0.2, 0) is 48.8 Å². The highest BCUT2D eigenvalue weighted by Crippen LogP contribution is 2.32. The second kappa shape index (κ2) is 19.1. The van der Waals surface area contributed by atoms with E-state index in [9.17, 15) is 43.7 Å². The van der Waals surface area contributed by atoms with Gasteiger partial charge in [0, 0.05) is 16.8 Å². The molecule has 0 aromatic heterocycles. The molecule has 26 heteroatoms. The molecular formula is C20H16I6O17S3. The molecule has 0 bridgehead atoms. The zero-order valence-electron chi connectivity index (χ0n) is 21.6. The smallest absolute Gasteiger partial charge is 0.343 e. The van der Waals surface area contributed by atoms with E-state index in [-0.39, 0.29) is 26.1 Å². The van der Waals surface area contributed by atoms with Crippen molar-refractivity contribution in [3.63, 3.8) is 0 Å². The number of benzene rings is 3. The molecule has 4 N–H and O–H groups in total. The van der Waals surface area contributed by atoms with Crippen molar-refractivity contribution < 1.29 is 67.2 Å². The largest absolute Gasteiger partial charge is 0.491 e. The summed E-state index contributed by atoms with van der Waals surface area (Å²) in [5.74, 6) is 0.0492. The highest BCUT2D eigenvalue weighted by Gasteiger charge is 2.23. The standard InChI is InChI=1S/C8H9IO7S.C6H3I3O5S.C6H4I2O5S/c10-3-4-16-6-1-2-7(9(11)12)8(5-6)17(13,14)15;7-3-1-4(8)6(9(10)11)5(2-3)15(12,13)14;7-4-2-1-3-5(14(11,12)13)6(4)8(9)10/h1-2,5,10H,3-4H2,(H,13,14,15);1-2H,(H,12,13,14);1-3H,(H,11,12,13). The Bertz CT molecular complexity index is 2150. The molecule has 0 atom stereocenters. The molecule has 258 valence electrons. The first-order chi connectivity index (χ1) is 20.9. The third-order valence-corrected chi connectivity index (χ3v) is 18.6. The van der Waals surface area contributed by atoms with Gasteiger partial charge in [-0.15, -0.1) is 0 Å². The zero-order valence-corrected chi connectivity index (χ0v) is 37.0. The predicted molar refractivity (Wildman–Crippen MR) is 202 cm³/mol. The highest BCUT2D eigenvalue weighted by molar-refractivity contribution is 14.2. The molecule has 0 radical (unpaired) electrons. The van der Waals surface area contributed by atoms with Crippen molar-refractivity contribution in [2.45, 2.75) is 14.7 Å². The lowest BCUT2D eigenvalue weighted by Crippen LogP contribution is -2.05. The minimum atomic E-state index is -4.63. The topological polar surface area (TPSA) is 295 Å². The molecule has 0 saturated carbocycles. The molecule has 0 saturated heterocycles. The van der Waals surface area contributed by atoms with Crippen LogP contribution < -0.4 is 4.74 Å². The van der Waals surface area contributed by atoms with Crippen LogP contribution in [0.25, 0.3) is 0 Å². The second-order valence-corrected chi connectivity index (χ2v) is 22.3. The zero-order chi connectivity index (χ0) is 35.8. The van der Waals surface area contributed by atoms with Crippen LogP contribution in [0.2, 0.25) is 0 Å². The van der Waals surface area contributed by atoms with E-state index < -0.39 is 108 Å². The number of halogens is 6. The van der Waals surface area contributed by atoms with Gasteiger partial charge in [-0.2, -0.15) is 25.3 Å². The van der Waals surface area contributed by atoms with Gasteiger partial charge in [0.2, 0.25) is 0 Å². The van der Waals surface area contributed by atoms with Gasteiger partial charge < -0.3 is 9.84 Å². The summed E-state index contributed by atoms with van der Waals surface area (Å²) >= 11 is -6.63. The fourth-order valence-electron chi connectivity index (χ4n) is 2.76. The molecule has 46 heavy (non-hydrogen) atoms. The fraction of sp³-hybridized carbons (Fsp3) is 0.100. The van der Waals surface area contributed by atoms with Crippen molar-refractivity contribution in [2.24, 2.45) is 0 Å². The minimum Gasteiger partial charge on any atom is -0.491 e. The summed E-state index contributed by atoms with van der Waals surface area (Å²) in [5, 5.41) is 8.51. The van der Waals surface area contributed by atoms with Crippen LogP contribution in [0.3, 0.4) is 0 Å². The summed E-state index contributed by atoms with van der Waals surface area (Å²) in [7, 11) is -13.6. The Labute approximate surface area is 323 Å². The van der Waals surface area contributed by atoms with E-state index in [4.69, 9.17) is 23.5 Å². The first-order valence-electron chi connectivity index (χ1n) is 10.7. The molecule has 0 fully saturated rings. The van der Waals surface area contributed by atoms with Crippen LogP contribution in [-0.4, -0.2) is 57.2 Å². The Morgan fingerprint density at radius 3 is 1.52 bits per heavy atom. The summed E-state index contributed by atoms with van der Waals surface area (Å²) in [6.07, 6.45) is 0. The highest BCUT2D eigenvalue weighted by atomic mass is 127. The number of aliphatic hydroxyl groups is 1. The Kier molecular flexibility index (Phi) is 18.4. The van der Waals surface area contributed by atoms with E-state index in [0.717, 1.165) is 24.3 Å². The Morgan fingerprint density at radius 1 is 0.609 bits per heavy atom. The van der Waals surface area contributed by atoms with Crippen molar-refractivity contribution in [1.29, 1.82) is 0 Å². The normalized spacial score (nSPS) is 11.9. The van der Waals surface area contributed by atoms with Crippen LogP contribution >= 0.6 is 127 Å². The van der Waals surface area contributed by atoms with Crippen molar-refractivity contribution in [2.75, 3.05) is 13.2 Å². The Balaban J connectivity index is 0.000000347. The van der Waals surface area contributed by atoms with Gasteiger partial charge in [0.25, 0.3) is 30.4 Å². The van der Waals surface area contributed by atoms with Gasteiger partial charge in [-0.3, -0.25) is 13.7 Å². The Hall–Kier alpha value is 0.330. The maximum atomic E-state index is 11.0. The van der Waals surface area contributed by atoms with Crippen LogP contribution in [0.1, 0.15) is 0 Å². The fourth-order valence-corrected chi connectivity index (χ4v) is 16.9. The van der Waals surface area contributed by atoms with E-state index in [1.54, 1.807) is 45.2 Å². The molecule has 3 aromatic carbocycles. The van der Waals surface area contributed by atoms with Gasteiger partial charge in [0.05, 0.1) is 10.2 Å². The molecule has 0 amide bonds. The summed E-state index contributed by atoms with van der Waals surface area (Å²) in [6, 6.07) is 9.76. The minimum absolute atomic E-state index is 0.0492. The van der Waals surface area contributed by atoms with E-state index >= 15 is 0 Å². The van der Waals surface area contributed by atoms with E-state index in [1.807, 2.05) is 22.6 Å². The maximum absolute atomic E-state index is 11.0. The number of hydrogen-bond donors (Lipinski definition) is 4. The third kappa shape index (κ3) is 13.9. The van der Waals surface area contributed by atoms with Gasteiger partial charge in [0.15, 0.2) is 0 Å². The molecule has 0 aliphatic carbocycles. The molecule has 3 rings (SSSR count). The lowest BCUT2D eigenvalue weighted by molar-refractivity contribution is 0.201. The summed E-state index contributed by atoms with van der Waals surface area (Å²) in [6.45, 7) is -0.341. The van der Waals surface area contributed by atoms with Crippen molar-refractivity contribution in [1.82, 2.24) is 0 Å². The molecular weight excluding hydrogens is 1370 g/mol. The number of rotatable bonds is 9. The first kappa shape index (κ1) is 44.4. The van der Waals surface area contributed by atoms with Crippen LogP contribution in [0, 0.1) is 21.4 Å². The van der Waals surface area contributed by atoms with Gasteiger partial charge >= 0.3 is 59.4 Å². The second-order valence-electron chi connectivity index (χ2n) is 7.49. The molecule has 0 aliphatic rings. The summed E-state index contributed by atoms with van der Waals surface area (Å²) < 4.78 is 162. The van der Waals surface area contributed by atoms with Gasteiger partial charge in [-0.25, -0.2) is 18.4 Å². The lowest BCUT2D eigenvalue weighted by atomic mass is 10.3. The monoisotopic (exact) mass is 1390 g/mol. The lowest BCUT2D eigenvalue weighted by Gasteiger charge is -2.06. The molecule has 0 heterocycles. The Morgan fingerprint density at radius 2 is 1.11 bits per heavy atom. The predicted octanol–water partition coefficient (Wildman–Crippen LogP) is 5.09. The number of aliphatic hydroxyl groups excluding tert-OH is 1. The summed E-state index contributed by atoms with van der Waals surface area (Å²) in [4.78, 5) is -1.78. The van der Waals surface area contributed by atoms with E-state index in [1.165, 1.54) is 24.3 Å². The van der Waals surface area contributed by atoms with Crippen molar-refractivity contribution in [3.05, 3.63) is 70.0 Å². The summed E-state index contributed by atoms with van der Waals surface area (Å²) in [5.41, 5.74) is 0. The van der Waals surface area contributed by atoms with Crippen molar-refractivity contribution >= 4 is 158 Å². The first-order valence-corrected chi connectivity index (χ1v) is 26.7.